The molecule has 1 aliphatic carbocycles. The highest BCUT2D eigenvalue weighted by atomic mass is 16.4. The van der Waals surface area contributed by atoms with E-state index in [0.29, 0.717) is 18.4 Å². The molecule has 0 heterocycles. The predicted molar refractivity (Wildman–Crippen MR) is 163 cm³/mol. The van der Waals surface area contributed by atoms with Crippen molar-refractivity contribution in [3.63, 3.8) is 0 Å². The second kappa shape index (κ2) is 19.4. The van der Waals surface area contributed by atoms with Crippen molar-refractivity contribution in [1.29, 1.82) is 0 Å². The number of unbranched alkanes of at least 4 members (excludes halogenated alkanes) is 6. The van der Waals surface area contributed by atoms with Gasteiger partial charge in [0.25, 0.3) is 0 Å². The first-order valence-electron chi connectivity index (χ1n) is 16.2. The Labute approximate surface area is 235 Å². The molecule has 1 aromatic carbocycles. The fourth-order valence-corrected chi connectivity index (χ4v) is 7.02. The molecule has 0 bridgehead atoms. The highest BCUT2D eigenvalue weighted by Crippen LogP contribution is 2.48. The van der Waals surface area contributed by atoms with Crippen LogP contribution in [0.2, 0.25) is 0 Å². The lowest BCUT2D eigenvalue weighted by Crippen LogP contribution is -2.31. The number of carbonyl (C=O) groups is 1. The Hall–Kier alpha value is -1.61. The van der Waals surface area contributed by atoms with Gasteiger partial charge in [-0.1, -0.05) is 114 Å². The fraction of sp³-hybridized carbons (Fsp3) is 0.743. The summed E-state index contributed by atoms with van der Waals surface area (Å²) in [6.45, 7) is 5.20. The number of allylic oxidation sites excluding steroid dienone is 2. The Morgan fingerprint density at radius 1 is 0.895 bits per heavy atom. The zero-order valence-electron chi connectivity index (χ0n) is 24.8. The van der Waals surface area contributed by atoms with Crippen molar-refractivity contribution in [1.82, 2.24) is 0 Å². The Kier molecular flexibility index (Phi) is 16.7. The van der Waals surface area contributed by atoms with E-state index >= 15 is 0 Å². The molecular weight excluding hydrogens is 466 g/mol. The zero-order chi connectivity index (χ0) is 27.5. The van der Waals surface area contributed by atoms with Crippen molar-refractivity contribution in [2.75, 3.05) is 6.54 Å². The molecule has 1 aromatic rings. The van der Waals surface area contributed by atoms with Crippen LogP contribution in [0.25, 0.3) is 0 Å². The maximum atomic E-state index is 12.1. The van der Waals surface area contributed by atoms with E-state index in [0.717, 1.165) is 19.3 Å². The minimum Gasteiger partial charge on any atom is -0.481 e. The van der Waals surface area contributed by atoms with Crippen LogP contribution in [0.4, 0.5) is 0 Å². The van der Waals surface area contributed by atoms with Gasteiger partial charge >= 0.3 is 5.97 Å². The zero-order valence-corrected chi connectivity index (χ0v) is 24.8. The molecule has 1 aliphatic rings. The average Bonchev–Trinajstić information content (AvgIpc) is 3.39. The predicted octanol–water partition coefficient (Wildman–Crippen LogP) is 9.84. The van der Waals surface area contributed by atoms with Crippen LogP contribution in [0.3, 0.4) is 0 Å². The quantitative estimate of drug-likeness (QED) is 0.117. The van der Waals surface area contributed by atoms with E-state index in [4.69, 9.17) is 5.73 Å². The highest BCUT2D eigenvalue weighted by Gasteiger charge is 2.40. The van der Waals surface area contributed by atoms with Gasteiger partial charge in [-0.3, -0.25) is 4.79 Å². The molecule has 3 unspecified atom stereocenters. The van der Waals surface area contributed by atoms with E-state index in [1.54, 1.807) is 0 Å². The smallest absolute Gasteiger partial charge is 0.303 e. The minimum absolute atomic E-state index is 0.134. The molecule has 1 fully saturated rings. The lowest BCUT2D eigenvalue weighted by molar-refractivity contribution is -0.138. The van der Waals surface area contributed by atoms with Crippen molar-refractivity contribution >= 4 is 5.97 Å². The van der Waals surface area contributed by atoms with Crippen LogP contribution in [0.5, 0.6) is 0 Å². The molecule has 3 nitrogen and oxygen atoms in total. The van der Waals surface area contributed by atoms with E-state index < -0.39 is 5.97 Å². The van der Waals surface area contributed by atoms with E-state index in [2.05, 4.69) is 56.3 Å². The molecule has 3 heteroatoms. The van der Waals surface area contributed by atoms with Gasteiger partial charge in [-0.25, -0.2) is 0 Å². The Bertz CT molecular complexity index is 752. The molecular formula is C35H59NO2. The second-order valence-electron chi connectivity index (χ2n) is 12.2. The molecule has 0 saturated heterocycles. The van der Waals surface area contributed by atoms with E-state index in [9.17, 15) is 9.90 Å². The van der Waals surface area contributed by atoms with Crippen molar-refractivity contribution in [3.8, 4) is 0 Å². The third kappa shape index (κ3) is 12.1. The van der Waals surface area contributed by atoms with Crippen LogP contribution >= 0.6 is 0 Å². The Morgan fingerprint density at radius 3 is 2.26 bits per heavy atom. The third-order valence-corrected chi connectivity index (χ3v) is 9.26. The van der Waals surface area contributed by atoms with Crippen LogP contribution in [-0.4, -0.2) is 17.6 Å². The summed E-state index contributed by atoms with van der Waals surface area (Å²) in [6, 6.07) is 10.9. The van der Waals surface area contributed by atoms with E-state index in [-0.39, 0.29) is 17.8 Å². The van der Waals surface area contributed by atoms with E-state index in [1.165, 1.54) is 102 Å². The average molecular weight is 526 g/mol. The molecule has 3 N–H and O–H groups in total. The van der Waals surface area contributed by atoms with Gasteiger partial charge in [-0.05, 0) is 93.1 Å². The molecule has 38 heavy (non-hydrogen) atoms. The maximum absolute atomic E-state index is 12.1. The van der Waals surface area contributed by atoms with Crippen molar-refractivity contribution in [2.24, 2.45) is 23.5 Å². The summed E-state index contributed by atoms with van der Waals surface area (Å²) < 4.78 is 0. The number of carboxylic acids is 1. The molecule has 1 saturated carbocycles. The molecule has 2 rings (SSSR count). The van der Waals surface area contributed by atoms with Gasteiger partial charge < -0.3 is 10.8 Å². The lowest BCUT2D eigenvalue weighted by atomic mass is 9.67. The van der Waals surface area contributed by atoms with E-state index in [1.807, 2.05) is 0 Å². The fourth-order valence-electron chi connectivity index (χ4n) is 7.02. The second-order valence-corrected chi connectivity index (χ2v) is 12.2. The summed E-state index contributed by atoms with van der Waals surface area (Å²) >= 11 is 0. The SMILES string of the molecule is CCCCCCC=CCC(CCCCC)CCC(CCN)C(CC(=O)O)CC1(c2ccccc2)CCCC1. The lowest BCUT2D eigenvalue weighted by Gasteiger charge is -2.37. The molecule has 0 aromatic heterocycles. The number of hydrogen-bond donors (Lipinski definition) is 2. The minimum atomic E-state index is -0.649. The number of rotatable bonds is 22. The number of carboxylic acid groups (broad SMARTS) is 1. The van der Waals surface area contributed by atoms with Gasteiger partial charge in [0.15, 0.2) is 0 Å². The highest BCUT2D eigenvalue weighted by molar-refractivity contribution is 5.67. The van der Waals surface area contributed by atoms with Gasteiger partial charge in [-0.15, -0.1) is 0 Å². The summed E-state index contributed by atoms with van der Waals surface area (Å²) in [5, 5.41) is 9.93. The maximum Gasteiger partial charge on any atom is 0.303 e. The Balaban J connectivity index is 2.09. The van der Waals surface area contributed by atoms with Crippen molar-refractivity contribution in [3.05, 3.63) is 48.0 Å². The summed E-state index contributed by atoms with van der Waals surface area (Å²) in [4.78, 5) is 12.1. The van der Waals surface area contributed by atoms with Gasteiger partial charge in [0, 0.05) is 6.42 Å². The largest absolute Gasteiger partial charge is 0.481 e. The molecule has 3 atom stereocenters. The monoisotopic (exact) mass is 525 g/mol. The third-order valence-electron chi connectivity index (χ3n) is 9.26. The van der Waals surface area contributed by atoms with Crippen molar-refractivity contribution in [2.45, 2.75) is 141 Å². The van der Waals surface area contributed by atoms with Crippen LogP contribution in [0.15, 0.2) is 42.5 Å². The summed E-state index contributed by atoms with van der Waals surface area (Å²) in [5.41, 5.74) is 7.70. The molecule has 0 amide bonds. The number of benzene rings is 1. The Morgan fingerprint density at radius 2 is 1.61 bits per heavy atom. The van der Waals surface area contributed by atoms with Crippen molar-refractivity contribution < 1.29 is 9.90 Å². The first kappa shape index (κ1) is 32.6. The first-order valence-corrected chi connectivity index (χ1v) is 16.2. The van der Waals surface area contributed by atoms with Crippen LogP contribution in [0, 0.1) is 17.8 Å². The number of hydrogen-bond acceptors (Lipinski definition) is 2. The summed E-state index contributed by atoms with van der Waals surface area (Å²) in [5.74, 6) is 0.640. The van der Waals surface area contributed by atoms with Crippen LogP contribution < -0.4 is 5.73 Å². The first-order chi connectivity index (χ1) is 18.5. The van der Waals surface area contributed by atoms with Crippen LogP contribution in [0.1, 0.15) is 141 Å². The molecule has 0 spiro atoms. The van der Waals surface area contributed by atoms with Gasteiger partial charge in [0.05, 0.1) is 0 Å². The van der Waals surface area contributed by atoms with Gasteiger partial charge in [0.1, 0.15) is 0 Å². The standard InChI is InChI=1S/C35H59NO2/c1-3-5-7-8-9-10-13-19-30(18-12-6-4-2)22-23-31(24-27-36)32(28-34(37)38)29-35(25-16-17-26-35)33-20-14-11-15-21-33/h10-11,13-15,20-21,30-32H,3-9,12,16-19,22-29,36H2,1-2H3,(H,37,38). The van der Waals surface area contributed by atoms with Crippen LogP contribution in [-0.2, 0) is 10.2 Å². The summed E-state index contributed by atoms with van der Waals surface area (Å²) in [7, 11) is 0. The normalized spacial score (nSPS) is 17.6. The van der Waals surface area contributed by atoms with Gasteiger partial charge in [-0.2, -0.15) is 0 Å². The molecule has 216 valence electrons. The summed E-state index contributed by atoms with van der Waals surface area (Å²) in [6.07, 6.45) is 27.1. The number of aliphatic carboxylic acids is 1. The van der Waals surface area contributed by atoms with Gasteiger partial charge in [0.2, 0.25) is 0 Å². The molecule has 0 aliphatic heterocycles. The molecule has 0 radical (unpaired) electrons. The topological polar surface area (TPSA) is 63.3 Å². The number of nitrogens with two attached hydrogens (primary N) is 1.